The maximum absolute atomic E-state index is 15.0. The number of rotatable bonds is 6. The fraction of sp³-hybridized carbons (Fsp3) is 0.500. The molecule has 2 aromatic rings. The topological polar surface area (TPSA) is 50.1 Å². The van der Waals surface area contributed by atoms with Gasteiger partial charge in [-0.25, -0.2) is 18.0 Å². The van der Waals surface area contributed by atoms with E-state index in [0.29, 0.717) is 11.5 Å². The first kappa shape index (κ1) is 24.3. The van der Waals surface area contributed by atoms with Crippen LogP contribution in [0.5, 0.6) is 5.75 Å². The minimum atomic E-state index is -1.12. The number of hydrogen-bond acceptors (Lipinski definition) is 3. The molecule has 34 heavy (non-hydrogen) atoms. The van der Waals surface area contributed by atoms with Crippen LogP contribution in [0.25, 0.3) is 0 Å². The number of ether oxygens (including phenoxy) is 1. The molecule has 0 N–H and O–H groups in total. The summed E-state index contributed by atoms with van der Waals surface area (Å²) in [5, 5.41) is 8.74. The Balaban J connectivity index is 1.40. The van der Waals surface area contributed by atoms with E-state index in [2.05, 4.69) is 6.92 Å². The highest BCUT2D eigenvalue weighted by atomic mass is 19.1. The molecule has 2 fully saturated rings. The lowest BCUT2D eigenvalue weighted by Crippen LogP contribution is -2.30. The second-order valence-corrected chi connectivity index (χ2v) is 9.85. The fourth-order valence-corrected chi connectivity index (χ4v) is 5.89. The van der Waals surface area contributed by atoms with Crippen LogP contribution in [0.15, 0.2) is 30.3 Å². The highest BCUT2D eigenvalue weighted by Crippen LogP contribution is 2.48. The predicted molar refractivity (Wildman–Crippen MR) is 123 cm³/mol. The van der Waals surface area contributed by atoms with Crippen molar-refractivity contribution in [3.05, 3.63) is 64.5 Å². The second kappa shape index (κ2) is 10.6. The van der Waals surface area contributed by atoms with Crippen LogP contribution in [0.2, 0.25) is 0 Å². The Morgan fingerprint density at radius 2 is 1.71 bits per heavy atom. The Morgan fingerprint density at radius 3 is 2.38 bits per heavy atom. The number of nitrogens with zero attached hydrogens (tertiary/aromatic N) is 1. The predicted octanol–water partition coefficient (Wildman–Crippen LogP) is 7.68. The summed E-state index contributed by atoms with van der Waals surface area (Å²) >= 11 is 0. The van der Waals surface area contributed by atoms with Gasteiger partial charge < -0.3 is 4.74 Å². The van der Waals surface area contributed by atoms with Crippen LogP contribution in [0.3, 0.4) is 0 Å². The van der Waals surface area contributed by atoms with Gasteiger partial charge in [0, 0.05) is 12.1 Å². The third-order valence-electron chi connectivity index (χ3n) is 7.70. The third-order valence-corrected chi connectivity index (χ3v) is 7.70. The van der Waals surface area contributed by atoms with Crippen LogP contribution in [0.1, 0.15) is 92.1 Å². The molecule has 0 aromatic heterocycles. The number of nitriles is 1. The number of fused-ring (bicyclic) bond motifs is 1. The molecule has 0 amide bonds. The molecule has 4 atom stereocenters. The molecule has 4 rings (SSSR count). The number of esters is 1. The summed E-state index contributed by atoms with van der Waals surface area (Å²) in [7, 11) is 0. The summed E-state index contributed by atoms with van der Waals surface area (Å²) in [4.78, 5) is 12.4. The molecule has 180 valence electrons. The van der Waals surface area contributed by atoms with Gasteiger partial charge in [0.1, 0.15) is 34.8 Å². The number of carbonyl (C=O) groups is 1. The molecule has 0 heterocycles. The lowest BCUT2D eigenvalue weighted by atomic mass is 9.63. The highest BCUT2D eigenvalue weighted by molar-refractivity contribution is 5.91. The standard InChI is InChI=1S/C28H30F3NO2/c1-2-3-4-17-5-6-19-12-20(8-7-18(19)11-17)23-10-9-21(13-25(23)29)28(33)34-22-14-26(30)24(16-32)27(31)15-22/h9-10,13-15,17-20H,2-8,11-12H2,1H3. The van der Waals surface area contributed by atoms with Crippen molar-refractivity contribution in [2.24, 2.45) is 17.8 Å². The molecule has 2 aliphatic carbocycles. The van der Waals surface area contributed by atoms with Crippen molar-refractivity contribution in [1.82, 2.24) is 0 Å². The average molecular weight is 470 g/mol. The Hall–Kier alpha value is -2.81. The zero-order valence-corrected chi connectivity index (χ0v) is 19.5. The van der Waals surface area contributed by atoms with Crippen molar-refractivity contribution in [1.29, 1.82) is 5.26 Å². The van der Waals surface area contributed by atoms with E-state index in [9.17, 15) is 13.6 Å². The summed E-state index contributed by atoms with van der Waals surface area (Å²) in [6, 6.07) is 7.22. The number of carbonyl (C=O) groups excluding carboxylic acids is 1. The number of benzene rings is 2. The molecule has 3 nitrogen and oxygen atoms in total. The van der Waals surface area contributed by atoms with Gasteiger partial charge in [-0.05, 0) is 73.5 Å². The van der Waals surface area contributed by atoms with E-state index in [4.69, 9.17) is 10.00 Å². The van der Waals surface area contributed by atoms with Gasteiger partial charge in [0.15, 0.2) is 0 Å². The van der Waals surface area contributed by atoms with E-state index in [1.165, 1.54) is 50.7 Å². The zero-order chi connectivity index (χ0) is 24.2. The van der Waals surface area contributed by atoms with E-state index in [1.54, 1.807) is 6.07 Å². The molecular weight excluding hydrogens is 439 g/mol. The van der Waals surface area contributed by atoms with Crippen molar-refractivity contribution in [2.45, 2.75) is 70.6 Å². The molecule has 2 saturated carbocycles. The normalized spacial score (nSPS) is 24.2. The van der Waals surface area contributed by atoms with Gasteiger partial charge in [-0.1, -0.05) is 38.7 Å². The monoisotopic (exact) mass is 469 g/mol. The SMILES string of the molecule is CCCCC1CCC2CC(c3ccc(C(=O)Oc4cc(F)c(C#N)c(F)c4)cc3F)CCC2C1. The van der Waals surface area contributed by atoms with E-state index in [-0.39, 0.29) is 17.2 Å². The largest absolute Gasteiger partial charge is 0.423 e. The third kappa shape index (κ3) is 5.29. The lowest BCUT2D eigenvalue weighted by molar-refractivity contribution is 0.0733. The van der Waals surface area contributed by atoms with Crippen LogP contribution >= 0.6 is 0 Å². The molecule has 0 spiro atoms. The van der Waals surface area contributed by atoms with Gasteiger partial charge in [-0.2, -0.15) is 5.26 Å². The summed E-state index contributed by atoms with van der Waals surface area (Å²) < 4.78 is 47.6. The molecule has 2 aliphatic rings. The molecule has 2 aromatic carbocycles. The summed E-state index contributed by atoms with van der Waals surface area (Å²) in [6.07, 6.45) is 10.7. The van der Waals surface area contributed by atoms with E-state index in [0.717, 1.165) is 49.3 Å². The fourth-order valence-electron chi connectivity index (χ4n) is 5.89. The Bertz CT molecular complexity index is 1070. The summed E-state index contributed by atoms with van der Waals surface area (Å²) in [5.74, 6) is -1.62. The molecule has 6 heteroatoms. The van der Waals surface area contributed by atoms with Crippen molar-refractivity contribution in [2.75, 3.05) is 0 Å². The van der Waals surface area contributed by atoms with Crippen LogP contribution in [0, 0.1) is 46.5 Å². The van der Waals surface area contributed by atoms with Gasteiger partial charge in [0.2, 0.25) is 0 Å². The van der Waals surface area contributed by atoms with Gasteiger partial charge in [-0.3, -0.25) is 0 Å². The minimum Gasteiger partial charge on any atom is -0.423 e. The smallest absolute Gasteiger partial charge is 0.343 e. The summed E-state index contributed by atoms with van der Waals surface area (Å²) in [5.41, 5.74) is -0.158. The average Bonchev–Trinajstić information content (AvgIpc) is 2.82. The molecular formula is C28H30F3NO2. The van der Waals surface area contributed by atoms with Crippen molar-refractivity contribution >= 4 is 5.97 Å². The quantitative estimate of drug-likeness (QED) is 0.322. The first-order valence-corrected chi connectivity index (χ1v) is 12.3. The molecule has 4 unspecified atom stereocenters. The first-order chi connectivity index (χ1) is 16.4. The highest BCUT2D eigenvalue weighted by Gasteiger charge is 2.36. The van der Waals surface area contributed by atoms with Crippen LogP contribution in [-0.4, -0.2) is 5.97 Å². The van der Waals surface area contributed by atoms with Crippen LogP contribution in [-0.2, 0) is 0 Å². The van der Waals surface area contributed by atoms with Gasteiger partial charge in [0.25, 0.3) is 0 Å². The van der Waals surface area contributed by atoms with Crippen molar-refractivity contribution < 1.29 is 22.7 Å². The van der Waals surface area contributed by atoms with Gasteiger partial charge in [0.05, 0.1) is 5.56 Å². The van der Waals surface area contributed by atoms with E-state index >= 15 is 4.39 Å². The van der Waals surface area contributed by atoms with Crippen molar-refractivity contribution in [3.63, 3.8) is 0 Å². The van der Waals surface area contributed by atoms with Crippen LogP contribution < -0.4 is 4.74 Å². The molecule has 0 bridgehead atoms. The van der Waals surface area contributed by atoms with Crippen LogP contribution in [0.4, 0.5) is 13.2 Å². The number of unbranched alkanes of at least 4 members (excludes halogenated alkanes) is 1. The minimum absolute atomic E-state index is 0.0310. The maximum Gasteiger partial charge on any atom is 0.343 e. The van der Waals surface area contributed by atoms with E-state index < -0.39 is 29.0 Å². The number of hydrogen-bond donors (Lipinski definition) is 0. The lowest BCUT2D eigenvalue weighted by Gasteiger charge is -2.42. The maximum atomic E-state index is 15.0. The molecule has 0 radical (unpaired) electrons. The summed E-state index contributed by atoms with van der Waals surface area (Å²) in [6.45, 7) is 2.24. The van der Waals surface area contributed by atoms with Crippen molar-refractivity contribution in [3.8, 4) is 11.8 Å². The number of halogens is 3. The Labute approximate surface area is 198 Å². The van der Waals surface area contributed by atoms with Gasteiger partial charge >= 0.3 is 5.97 Å². The Morgan fingerprint density at radius 1 is 1.00 bits per heavy atom. The second-order valence-electron chi connectivity index (χ2n) is 9.85. The van der Waals surface area contributed by atoms with Gasteiger partial charge in [-0.15, -0.1) is 0 Å². The van der Waals surface area contributed by atoms with E-state index in [1.807, 2.05) is 0 Å². The zero-order valence-electron chi connectivity index (χ0n) is 19.5. The first-order valence-electron chi connectivity index (χ1n) is 12.3. The molecule has 0 saturated heterocycles. The Kier molecular flexibility index (Phi) is 7.60. The molecule has 0 aliphatic heterocycles.